The molecule has 0 aliphatic carbocycles. The molecule has 5 heterocycles. The van der Waals surface area contributed by atoms with Gasteiger partial charge >= 0.3 is 24.0 Å². The van der Waals surface area contributed by atoms with Gasteiger partial charge in [0.05, 0.1) is 23.7 Å². The smallest absolute Gasteiger partial charge is 0.410 e. The highest BCUT2D eigenvalue weighted by atomic mass is 35.5. The Hall–Kier alpha value is -4.90. The Balaban J connectivity index is 1.34. The summed E-state index contributed by atoms with van der Waals surface area (Å²) in [7, 11) is 0. The molecule has 2 aliphatic rings. The second kappa shape index (κ2) is 17.8. The SMILES string of the molecule is CCOC(=O)CCCOCC(F)(F)c1nc(N2C[C@@H](Oc3ncc(Cl)cc3[C@@]3(F)CCN(C(=O)OC(C)(C)C)C[C@@H]3C)C[C@H]2C(=O)OC(C)(C)C)c2oc3ccccc3c2n1. The molecule has 0 spiro atoms. The topological polar surface area (TPSA) is 156 Å². The molecule has 1 amide bonds. The van der Waals surface area contributed by atoms with E-state index >= 15 is 13.2 Å². The van der Waals surface area contributed by atoms with Crippen LogP contribution in [0.25, 0.3) is 22.1 Å². The average Bonchev–Trinajstić information content (AvgIpc) is 3.77. The van der Waals surface area contributed by atoms with E-state index in [1.165, 1.54) is 22.1 Å². The molecule has 332 valence electrons. The normalized spacial score (nSPS) is 21.2. The first-order valence-electron chi connectivity index (χ1n) is 20.4. The molecule has 0 radical (unpaired) electrons. The molecule has 0 bridgehead atoms. The van der Waals surface area contributed by atoms with Gasteiger partial charge in [0.15, 0.2) is 11.4 Å². The van der Waals surface area contributed by atoms with E-state index in [1.54, 1.807) is 79.7 Å². The minimum absolute atomic E-state index is 0.00234. The minimum Gasteiger partial charge on any atom is -0.472 e. The van der Waals surface area contributed by atoms with Gasteiger partial charge in [-0.2, -0.15) is 8.78 Å². The lowest BCUT2D eigenvalue weighted by molar-refractivity contribution is -0.156. The van der Waals surface area contributed by atoms with Gasteiger partial charge in [0.1, 0.15) is 46.7 Å². The number of hydrogen-bond donors (Lipinski definition) is 0. The van der Waals surface area contributed by atoms with E-state index in [0.717, 1.165) is 0 Å². The molecular formula is C43H53ClF3N5O9. The van der Waals surface area contributed by atoms with Gasteiger partial charge in [0.25, 0.3) is 0 Å². The number of piperidine rings is 1. The van der Waals surface area contributed by atoms with Crippen molar-refractivity contribution in [1.82, 2.24) is 19.9 Å². The third-order valence-corrected chi connectivity index (χ3v) is 10.4. The molecule has 61 heavy (non-hydrogen) atoms. The number of fused-ring (bicyclic) bond motifs is 3. The van der Waals surface area contributed by atoms with E-state index in [-0.39, 0.29) is 91.9 Å². The van der Waals surface area contributed by atoms with Crippen LogP contribution < -0.4 is 9.64 Å². The molecular weight excluding hydrogens is 823 g/mol. The summed E-state index contributed by atoms with van der Waals surface area (Å²) in [5.74, 6) is -6.69. The molecule has 0 unspecified atom stereocenters. The monoisotopic (exact) mass is 875 g/mol. The number of pyridine rings is 1. The number of benzene rings is 1. The van der Waals surface area contributed by atoms with E-state index < -0.39 is 71.3 Å². The zero-order valence-electron chi connectivity index (χ0n) is 35.7. The van der Waals surface area contributed by atoms with Gasteiger partial charge in [0, 0.05) is 56.5 Å². The maximum atomic E-state index is 17.4. The van der Waals surface area contributed by atoms with Crippen molar-refractivity contribution in [2.24, 2.45) is 5.92 Å². The van der Waals surface area contributed by atoms with Crippen molar-refractivity contribution in [3.63, 3.8) is 0 Å². The van der Waals surface area contributed by atoms with Crippen LogP contribution in [0.5, 0.6) is 5.88 Å². The number of carbonyl (C=O) groups is 3. The van der Waals surface area contributed by atoms with E-state index in [0.29, 0.717) is 11.0 Å². The van der Waals surface area contributed by atoms with Crippen molar-refractivity contribution >= 4 is 57.5 Å². The van der Waals surface area contributed by atoms with Gasteiger partial charge in [-0.1, -0.05) is 30.7 Å². The van der Waals surface area contributed by atoms with Crippen LogP contribution in [0.15, 0.2) is 40.9 Å². The van der Waals surface area contributed by atoms with E-state index in [4.69, 9.17) is 39.7 Å². The number of nitrogens with zero attached hydrogens (tertiary/aromatic N) is 5. The Kier molecular flexibility index (Phi) is 13.3. The number of alkyl halides is 3. The van der Waals surface area contributed by atoms with Crippen molar-refractivity contribution in [3.05, 3.63) is 52.9 Å². The van der Waals surface area contributed by atoms with Crippen LogP contribution in [0, 0.1) is 5.92 Å². The molecule has 6 rings (SSSR count). The van der Waals surface area contributed by atoms with Gasteiger partial charge < -0.3 is 37.9 Å². The predicted molar refractivity (Wildman–Crippen MR) is 220 cm³/mol. The van der Waals surface area contributed by atoms with Crippen LogP contribution in [0.1, 0.15) is 92.5 Å². The van der Waals surface area contributed by atoms with Crippen molar-refractivity contribution in [3.8, 4) is 5.88 Å². The summed E-state index contributed by atoms with van der Waals surface area (Å²) in [5.41, 5.74) is -3.17. The van der Waals surface area contributed by atoms with Gasteiger partial charge in [-0.25, -0.2) is 28.9 Å². The molecule has 3 aromatic heterocycles. The highest BCUT2D eigenvalue weighted by Gasteiger charge is 2.49. The fourth-order valence-corrected chi connectivity index (χ4v) is 7.60. The highest BCUT2D eigenvalue weighted by Crippen LogP contribution is 2.46. The fourth-order valence-electron chi connectivity index (χ4n) is 7.44. The summed E-state index contributed by atoms with van der Waals surface area (Å²) in [4.78, 5) is 54.6. The molecule has 4 atom stereocenters. The number of furan rings is 1. The zero-order valence-corrected chi connectivity index (χ0v) is 36.4. The lowest BCUT2D eigenvalue weighted by Gasteiger charge is -2.42. The molecule has 18 heteroatoms. The zero-order chi connectivity index (χ0) is 44.5. The first-order valence-corrected chi connectivity index (χ1v) is 20.8. The van der Waals surface area contributed by atoms with Crippen LogP contribution in [-0.2, 0) is 40.1 Å². The number of aromatic nitrogens is 3. The van der Waals surface area contributed by atoms with Crippen LogP contribution in [0.3, 0.4) is 0 Å². The molecule has 0 saturated carbocycles. The molecule has 2 aliphatic heterocycles. The maximum absolute atomic E-state index is 17.4. The van der Waals surface area contributed by atoms with E-state index in [1.807, 2.05) is 0 Å². The molecule has 2 fully saturated rings. The first-order chi connectivity index (χ1) is 28.6. The number of amides is 1. The van der Waals surface area contributed by atoms with Crippen molar-refractivity contribution in [1.29, 1.82) is 0 Å². The summed E-state index contributed by atoms with van der Waals surface area (Å²) >= 11 is 6.40. The van der Waals surface area contributed by atoms with Crippen molar-refractivity contribution in [2.45, 2.75) is 116 Å². The Bertz CT molecular complexity index is 2250. The molecule has 2 saturated heterocycles. The number of esters is 2. The predicted octanol–water partition coefficient (Wildman–Crippen LogP) is 8.69. The Morgan fingerprint density at radius 2 is 1.75 bits per heavy atom. The van der Waals surface area contributed by atoms with Crippen LogP contribution in [0.4, 0.5) is 23.8 Å². The van der Waals surface area contributed by atoms with Crippen molar-refractivity contribution < 1.29 is 55.7 Å². The number of rotatable bonds is 13. The Morgan fingerprint density at radius 3 is 2.44 bits per heavy atom. The summed E-state index contributed by atoms with van der Waals surface area (Å²) in [6.07, 6.45) is -0.103. The van der Waals surface area contributed by atoms with Gasteiger partial charge in [-0.3, -0.25) is 4.79 Å². The second-order valence-corrected chi connectivity index (χ2v) is 17.9. The van der Waals surface area contributed by atoms with E-state index in [2.05, 4.69) is 15.0 Å². The minimum atomic E-state index is -3.73. The number of ether oxygens (including phenoxy) is 5. The van der Waals surface area contributed by atoms with Gasteiger partial charge in [0.2, 0.25) is 11.7 Å². The third kappa shape index (κ3) is 10.6. The second-order valence-electron chi connectivity index (χ2n) is 17.4. The standard InChI is InChI=1S/C43H53ClF3N5O9/c1-9-57-32(53)15-12-18-56-24-43(46,47)38-49-33-28-13-10-11-14-31(28)59-34(33)35(50-38)52-23-27(20-30(52)37(54)60-40(3,4)5)58-36-29(19-26(44)21-48-36)42(45)16-17-51(22-25(42)2)39(55)61-41(6,7)8/h10-11,13-14,19,21,25,27,30H,9,12,15-18,20,22-24H2,1-8H3/t25-,27-,30-,42+/m0/s1. The van der Waals surface area contributed by atoms with E-state index in [9.17, 15) is 14.4 Å². The lowest BCUT2D eigenvalue weighted by Crippen LogP contribution is -2.50. The first kappa shape index (κ1) is 45.6. The maximum Gasteiger partial charge on any atom is 0.410 e. The van der Waals surface area contributed by atoms with Crippen LogP contribution in [0.2, 0.25) is 5.02 Å². The quantitative estimate of drug-likeness (QED) is 0.0715. The molecule has 1 aromatic carbocycles. The van der Waals surface area contributed by atoms with Crippen molar-refractivity contribution in [2.75, 3.05) is 44.4 Å². The Labute approximate surface area is 357 Å². The Morgan fingerprint density at radius 1 is 1.03 bits per heavy atom. The van der Waals surface area contributed by atoms with Crippen LogP contribution >= 0.6 is 11.6 Å². The molecule has 0 N–H and O–H groups in total. The summed E-state index contributed by atoms with van der Waals surface area (Å²) in [5, 5.41) is 0.593. The number of hydrogen-bond acceptors (Lipinski definition) is 13. The third-order valence-electron chi connectivity index (χ3n) is 10.2. The number of anilines is 1. The molecule has 14 nitrogen and oxygen atoms in total. The summed E-state index contributed by atoms with van der Waals surface area (Å²) < 4.78 is 83.8. The summed E-state index contributed by atoms with van der Waals surface area (Å²) in [6.45, 7) is 12.6. The fraction of sp³-hybridized carbons (Fsp3) is 0.581. The lowest BCUT2D eigenvalue weighted by atomic mass is 9.79. The number of likely N-dealkylation sites (tertiary alicyclic amines) is 1. The highest BCUT2D eigenvalue weighted by molar-refractivity contribution is 6.30. The molecule has 4 aromatic rings. The number of carbonyl (C=O) groups excluding carboxylic acids is 3. The van der Waals surface area contributed by atoms with Gasteiger partial charge in [-0.15, -0.1) is 0 Å². The van der Waals surface area contributed by atoms with Crippen LogP contribution in [-0.4, -0.2) is 101 Å². The summed E-state index contributed by atoms with van der Waals surface area (Å²) in [6, 6.07) is 7.07. The van der Waals surface area contributed by atoms with Gasteiger partial charge in [-0.05, 0) is 73.1 Å². The number of halogens is 4. The largest absolute Gasteiger partial charge is 0.472 e. The number of para-hydroxylation sites is 1. The average molecular weight is 876 g/mol.